The summed E-state index contributed by atoms with van der Waals surface area (Å²) < 4.78 is 5.37. The topological polar surface area (TPSA) is 26.3 Å². The molecule has 0 N–H and O–H groups in total. The Kier molecular flexibility index (Phi) is 10.4. The minimum Gasteiger partial charge on any atom is -0.426 e. The van der Waals surface area contributed by atoms with Gasteiger partial charge in [0.1, 0.15) is 5.75 Å². The van der Waals surface area contributed by atoms with Crippen molar-refractivity contribution in [2.75, 3.05) is 0 Å². The van der Waals surface area contributed by atoms with Crippen molar-refractivity contribution in [2.24, 2.45) is 5.92 Å². The van der Waals surface area contributed by atoms with Crippen molar-refractivity contribution < 1.29 is 9.53 Å². The molecule has 2 nitrogen and oxygen atoms in total. The third kappa shape index (κ3) is 8.78. The molecule has 0 aliphatic carbocycles. The predicted octanol–water partition coefficient (Wildman–Crippen LogP) is 6.32. The summed E-state index contributed by atoms with van der Waals surface area (Å²) in [4.78, 5) is 11.7. The Labute approximate surface area is 142 Å². The molecule has 1 atom stereocenters. The standard InChI is InChI=1S/C21H34O2/c1-4-6-7-8-9-10-11-12-13-19-14-16-20(17-15-19)23-21(22)18(3)5-2/h14-18H,4-13H2,1-3H3. The fraction of sp³-hybridized carbons (Fsp3) is 0.667. The van der Waals surface area contributed by atoms with Gasteiger partial charge in [-0.25, -0.2) is 0 Å². The van der Waals surface area contributed by atoms with Gasteiger partial charge in [-0.05, 0) is 37.0 Å². The van der Waals surface area contributed by atoms with Crippen molar-refractivity contribution in [3.05, 3.63) is 29.8 Å². The van der Waals surface area contributed by atoms with Gasteiger partial charge in [-0.2, -0.15) is 0 Å². The predicted molar refractivity (Wildman–Crippen MR) is 97.8 cm³/mol. The van der Waals surface area contributed by atoms with Gasteiger partial charge in [0.2, 0.25) is 0 Å². The quantitative estimate of drug-likeness (QED) is 0.256. The second kappa shape index (κ2) is 12.2. The monoisotopic (exact) mass is 318 g/mol. The van der Waals surface area contributed by atoms with Gasteiger partial charge < -0.3 is 4.74 Å². The second-order valence-electron chi connectivity index (χ2n) is 6.60. The molecule has 1 unspecified atom stereocenters. The van der Waals surface area contributed by atoms with E-state index in [0.29, 0.717) is 5.75 Å². The summed E-state index contributed by atoms with van der Waals surface area (Å²) in [5.74, 6) is 0.491. The lowest BCUT2D eigenvalue weighted by atomic mass is 10.0. The number of hydrogen-bond donors (Lipinski definition) is 0. The molecule has 0 spiro atoms. The average Bonchev–Trinajstić information content (AvgIpc) is 2.57. The average molecular weight is 319 g/mol. The molecule has 0 aliphatic heterocycles. The number of benzene rings is 1. The Morgan fingerprint density at radius 1 is 0.913 bits per heavy atom. The number of carbonyl (C=O) groups is 1. The highest BCUT2D eigenvalue weighted by Gasteiger charge is 2.12. The lowest BCUT2D eigenvalue weighted by Crippen LogP contribution is -2.16. The zero-order valence-electron chi connectivity index (χ0n) is 15.3. The molecule has 0 radical (unpaired) electrons. The molecule has 0 amide bonds. The molecule has 0 fully saturated rings. The first-order valence-corrected chi connectivity index (χ1v) is 9.48. The number of carbonyl (C=O) groups excluding carboxylic acids is 1. The summed E-state index contributed by atoms with van der Waals surface area (Å²) in [6, 6.07) is 8.00. The number of hydrogen-bond acceptors (Lipinski definition) is 2. The zero-order chi connectivity index (χ0) is 16.9. The van der Waals surface area contributed by atoms with E-state index in [1.807, 2.05) is 26.0 Å². The summed E-state index contributed by atoms with van der Waals surface area (Å²) in [7, 11) is 0. The van der Waals surface area contributed by atoms with Crippen LogP contribution in [0.1, 0.15) is 84.1 Å². The van der Waals surface area contributed by atoms with Crippen LogP contribution < -0.4 is 4.74 Å². The van der Waals surface area contributed by atoms with E-state index in [4.69, 9.17) is 4.74 Å². The summed E-state index contributed by atoms with van der Waals surface area (Å²) in [5, 5.41) is 0. The van der Waals surface area contributed by atoms with Crippen LogP contribution in [0, 0.1) is 5.92 Å². The molecule has 0 saturated heterocycles. The van der Waals surface area contributed by atoms with Gasteiger partial charge in [-0.3, -0.25) is 4.79 Å². The van der Waals surface area contributed by atoms with Crippen LogP contribution in [0.15, 0.2) is 24.3 Å². The molecule has 1 aromatic carbocycles. The third-order valence-corrected chi connectivity index (χ3v) is 4.48. The van der Waals surface area contributed by atoms with Gasteiger partial charge in [0.25, 0.3) is 0 Å². The first kappa shape index (κ1) is 19.7. The van der Waals surface area contributed by atoms with Gasteiger partial charge in [-0.15, -0.1) is 0 Å². The summed E-state index contributed by atoms with van der Waals surface area (Å²) in [6.07, 6.45) is 12.7. The number of aryl methyl sites for hydroxylation is 1. The number of esters is 1. The number of ether oxygens (including phenoxy) is 1. The number of unbranched alkanes of at least 4 members (excludes halogenated alkanes) is 7. The third-order valence-electron chi connectivity index (χ3n) is 4.48. The van der Waals surface area contributed by atoms with Gasteiger partial charge in [-0.1, -0.05) is 77.8 Å². The summed E-state index contributed by atoms with van der Waals surface area (Å²) >= 11 is 0. The normalized spacial score (nSPS) is 12.1. The Morgan fingerprint density at radius 3 is 2.04 bits per heavy atom. The van der Waals surface area contributed by atoms with Crippen molar-refractivity contribution in [2.45, 2.75) is 85.0 Å². The Morgan fingerprint density at radius 2 is 1.48 bits per heavy atom. The van der Waals surface area contributed by atoms with Crippen molar-refractivity contribution in [1.82, 2.24) is 0 Å². The first-order valence-electron chi connectivity index (χ1n) is 9.48. The highest BCUT2D eigenvalue weighted by molar-refractivity contribution is 5.74. The SMILES string of the molecule is CCCCCCCCCCc1ccc(OC(=O)C(C)CC)cc1. The maximum atomic E-state index is 11.7. The van der Waals surface area contributed by atoms with Crippen LogP contribution in [0.5, 0.6) is 5.75 Å². The molecule has 0 saturated carbocycles. The molecule has 0 bridgehead atoms. The largest absolute Gasteiger partial charge is 0.426 e. The van der Waals surface area contributed by atoms with Crippen LogP contribution in [0.4, 0.5) is 0 Å². The van der Waals surface area contributed by atoms with E-state index in [9.17, 15) is 4.79 Å². The van der Waals surface area contributed by atoms with E-state index < -0.39 is 0 Å². The molecule has 23 heavy (non-hydrogen) atoms. The highest BCUT2D eigenvalue weighted by Crippen LogP contribution is 2.17. The van der Waals surface area contributed by atoms with E-state index in [1.54, 1.807) is 0 Å². The molecule has 0 aromatic heterocycles. The fourth-order valence-corrected chi connectivity index (χ4v) is 2.57. The van der Waals surface area contributed by atoms with E-state index in [2.05, 4.69) is 19.1 Å². The van der Waals surface area contributed by atoms with Gasteiger partial charge in [0, 0.05) is 0 Å². The Balaban J connectivity index is 2.18. The molecule has 1 rings (SSSR count). The van der Waals surface area contributed by atoms with Crippen LogP contribution in [-0.2, 0) is 11.2 Å². The molecular weight excluding hydrogens is 284 g/mol. The lowest BCUT2D eigenvalue weighted by molar-refractivity contribution is -0.138. The van der Waals surface area contributed by atoms with Crippen molar-refractivity contribution in [3.63, 3.8) is 0 Å². The van der Waals surface area contributed by atoms with Gasteiger partial charge in [0.15, 0.2) is 0 Å². The molecule has 2 heteroatoms. The second-order valence-corrected chi connectivity index (χ2v) is 6.60. The van der Waals surface area contributed by atoms with Gasteiger partial charge in [0.05, 0.1) is 5.92 Å². The fourth-order valence-electron chi connectivity index (χ4n) is 2.57. The molecule has 130 valence electrons. The summed E-state index contributed by atoms with van der Waals surface area (Å²) in [5.41, 5.74) is 1.33. The summed E-state index contributed by atoms with van der Waals surface area (Å²) in [6.45, 7) is 6.16. The molecular formula is C21H34O2. The van der Waals surface area contributed by atoms with E-state index in [-0.39, 0.29) is 11.9 Å². The van der Waals surface area contributed by atoms with Gasteiger partial charge >= 0.3 is 5.97 Å². The molecule has 0 aliphatic rings. The Bertz CT molecular complexity index is 422. The van der Waals surface area contributed by atoms with Crippen LogP contribution in [0.2, 0.25) is 0 Å². The number of rotatable bonds is 12. The molecule has 1 aromatic rings. The van der Waals surface area contributed by atoms with E-state index in [0.717, 1.165) is 12.8 Å². The van der Waals surface area contributed by atoms with Crippen molar-refractivity contribution in [1.29, 1.82) is 0 Å². The minimum absolute atomic E-state index is 0.0352. The molecule has 0 heterocycles. The van der Waals surface area contributed by atoms with Crippen LogP contribution >= 0.6 is 0 Å². The van der Waals surface area contributed by atoms with E-state index >= 15 is 0 Å². The zero-order valence-corrected chi connectivity index (χ0v) is 15.3. The minimum atomic E-state index is -0.136. The maximum Gasteiger partial charge on any atom is 0.314 e. The smallest absolute Gasteiger partial charge is 0.314 e. The highest BCUT2D eigenvalue weighted by atomic mass is 16.5. The van der Waals surface area contributed by atoms with Crippen LogP contribution in [0.25, 0.3) is 0 Å². The van der Waals surface area contributed by atoms with Crippen molar-refractivity contribution >= 4 is 5.97 Å². The van der Waals surface area contributed by atoms with E-state index in [1.165, 1.54) is 56.9 Å². The first-order chi connectivity index (χ1) is 11.2. The van der Waals surface area contributed by atoms with Crippen LogP contribution in [-0.4, -0.2) is 5.97 Å². The Hall–Kier alpha value is -1.31. The van der Waals surface area contributed by atoms with Crippen LogP contribution in [0.3, 0.4) is 0 Å². The van der Waals surface area contributed by atoms with Crippen molar-refractivity contribution in [3.8, 4) is 5.75 Å². The lowest BCUT2D eigenvalue weighted by Gasteiger charge is -2.09. The maximum absolute atomic E-state index is 11.7.